The van der Waals surface area contributed by atoms with Gasteiger partial charge in [0.1, 0.15) is 17.8 Å². The second-order valence-corrected chi connectivity index (χ2v) is 11.0. The van der Waals surface area contributed by atoms with Crippen LogP contribution in [0.25, 0.3) is 0 Å². The number of unbranched alkanes of at least 4 members (excludes halogenated alkanes) is 1. The Morgan fingerprint density at radius 1 is 1.02 bits per heavy atom. The van der Waals surface area contributed by atoms with Crippen molar-refractivity contribution in [2.45, 2.75) is 89.3 Å². The van der Waals surface area contributed by atoms with Crippen LogP contribution in [0.15, 0.2) is 31.2 Å². The van der Waals surface area contributed by atoms with Crippen molar-refractivity contribution in [2.24, 2.45) is 5.92 Å². The van der Waals surface area contributed by atoms with E-state index in [4.69, 9.17) is 0 Å². The first-order valence-electron chi connectivity index (χ1n) is 15.1. The molecule has 234 valence electrons. The van der Waals surface area contributed by atoms with Crippen molar-refractivity contribution in [3.8, 4) is 0 Å². The lowest BCUT2D eigenvalue weighted by atomic mass is 9.83. The van der Waals surface area contributed by atoms with Gasteiger partial charge in [0.05, 0.1) is 18.8 Å². The topological polar surface area (TPSA) is 180 Å². The summed E-state index contributed by atoms with van der Waals surface area (Å²) in [5.74, 6) is -3.60. The standard InChI is InChI=1S/C30H43N7O6/c1-3-5-12-21(26(39)30(43)33-14-4-2)35-28(41)23-13-9-17-37(23)24(38)19-34-29(42)25(20-10-7-6-8-11-20)36-27(40)22-18-31-15-16-32-22/h4,15-16,18,20-21,23,25H,2-3,5-14,17,19H2,1H3,(H,33,43)(H,34,42)(H,35,41)(H,36,40). The highest BCUT2D eigenvalue weighted by atomic mass is 16.2. The Hall–Kier alpha value is -4.16. The summed E-state index contributed by atoms with van der Waals surface area (Å²) in [7, 11) is 0. The molecule has 5 amide bonds. The fraction of sp³-hybridized carbons (Fsp3) is 0.600. The van der Waals surface area contributed by atoms with Crippen LogP contribution in [0, 0.1) is 5.92 Å². The second kappa shape index (κ2) is 17.1. The number of amides is 5. The smallest absolute Gasteiger partial charge is 0.289 e. The van der Waals surface area contributed by atoms with Gasteiger partial charge in [0.2, 0.25) is 23.5 Å². The number of hydrogen-bond acceptors (Lipinski definition) is 8. The van der Waals surface area contributed by atoms with Crippen molar-refractivity contribution < 1.29 is 28.8 Å². The molecule has 43 heavy (non-hydrogen) atoms. The summed E-state index contributed by atoms with van der Waals surface area (Å²) in [6.45, 7) is 5.54. The third-order valence-corrected chi connectivity index (χ3v) is 7.89. The van der Waals surface area contributed by atoms with Crippen LogP contribution in [0.2, 0.25) is 0 Å². The minimum Gasteiger partial charge on any atom is -0.346 e. The highest BCUT2D eigenvalue weighted by molar-refractivity contribution is 6.38. The molecule has 13 nitrogen and oxygen atoms in total. The summed E-state index contributed by atoms with van der Waals surface area (Å²) in [6.07, 6.45) is 12.7. The summed E-state index contributed by atoms with van der Waals surface area (Å²) in [5.41, 5.74) is 0.0898. The number of Topliss-reactive ketones (excluding diaryl/α,β-unsaturated/α-hetero) is 1. The van der Waals surface area contributed by atoms with Gasteiger partial charge in [-0.15, -0.1) is 6.58 Å². The number of nitrogens with one attached hydrogen (secondary N) is 4. The molecule has 2 fully saturated rings. The Morgan fingerprint density at radius 2 is 1.79 bits per heavy atom. The van der Waals surface area contributed by atoms with Gasteiger partial charge in [0.25, 0.3) is 11.8 Å². The van der Waals surface area contributed by atoms with E-state index < -0.39 is 53.4 Å². The molecule has 0 aromatic carbocycles. The summed E-state index contributed by atoms with van der Waals surface area (Å²) in [5, 5.41) is 10.6. The molecule has 2 aliphatic rings. The van der Waals surface area contributed by atoms with Gasteiger partial charge < -0.3 is 26.2 Å². The molecule has 1 saturated heterocycles. The van der Waals surface area contributed by atoms with Gasteiger partial charge in [-0.2, -0.15) is 0 Å². The third kappa shape index (κ3) is 9.69. The zero-order chi connectivity index (χ0) is 31.2. The average molecular weight is 598 g/mol. The van der Waals surface area contributed by atoms with Crippen LogP contribution >= 0.6 is 0 Å². The normalized spacial score (nSPS) is 18.2. The highest BCUT2D eigenvalue weighted by Gasteiger charge is 2.37. The number of hydrogen-bond donors (Lipinski definition) is 4. The van der Waals surface area contributed by atoms with Gasteiger partial charge in [-0.1, -0.05) is 45.1 Å². The van der Waals surface area contributed by atoms with Crippen molar-refractivity contribution in [2.75, 3.05) is 19.6 Å². The lowest BCUT2D eigenvalue weighted by Gasteiger charge is -2.30. The minimum absolute atomic E-state index is 0.0870. The van der Waals surface area contributed by atoms with Gasteiger partial charge in [0, 0.05) is 25.5 Å². The number of nitrogens with zero attached hydrogens (tertiary/aromatic N) is 3. The molecule has 0 bridgehead atoms. The molecule has 0 radical (unpaired) electrons. The molecule has 3 atom stereocenters. The molecule has 1 aliphatic carbocycles. The van der Waals surface area contributed by atoms with Crippen LogP contribution in [-0.2, 0) is 24.0 Å². The number of aromatic nitrogens is 2. The van der Waals surface area contributed by atoms with E-state index in [-0.39, 0.29) is 24.7 Å². The van der Waals surface area contributed by atoms with E-state index in [1.807, 2.05) is 6.92 Å². The van der Waals surface area contributed by atoms with Crippen molar-refractivity contribution in [3.05, 3.63) is 36.9 Å². The SMILES string of the molecule is C=CCNC(=O)C(=O)C(CCCC)NC(=O)C1CCCN1C(=O)CNC(=O)C(NC(=O)c1cnccn1)C1CCCCC1. The van der Waals surface area contributed by atoms with Gasteiger partial charge >= 0.3 is 0 Å². The Balaban J connectivity index is 1.62. The molecular formula is C30H43N7O6. The van der Waals surface area contributed by atoms with Crippen molar-refractivity contribution >= 4 is 35.3 Å². The number of likely N-dealkylation sites (tertiary alicyclic amines) is 1. The lowest BCUT2D eigenvalue weighted by Crippen LogP contribution is -2.55. The number of rotatable bonds is 15. The Labute approximate surface area is 252 Å². The summed E-state index contributed by atoms with van der Waals surface area (Å²) < 4.78 is 0. The average Bonchev–Trinajstić information content (AvgIpc) is 3.54. The number of carbonyl (C=O) groups excluding carboxylic acids is 6. The Kier molecular flexibility index (Phi) is 13.2. The second-order valence-electron chi connectivity index (χ2n) is 11.0. The fourth-order valence-corrected chi connectivity index (χ4v) is 5.56. The summed E-state index contributed by atoms with van der Waals surface area (Å²) in [4.78, 5) is 86.8. The van der Waals surface area contributed by atoms with E-state index in [0.29, 0.717) is 32.2 Å². The van der Waals surface area contributed by atoms with Crippen molar-refractivity contribution in [1.82, 2.24) is 36.1 Å². The molecular weight excluding hydrogens is 554 g/mol. The maximum absolute atomic E-state index is 13.3. The largest absolute Gasteiger partial charge is 0.346 e. The maximum Gasteiger partial charge on any atom is 0.289 e. The first-order valence-corrected chi connectivity index (χ1v) is 15.1. The maximum atomic E-state index is 13.3. The van der Waals surface area contributed by atoms with E-state index >= 15 is 0 Å². The summed E-state index contributed by atoms with van der Waals surface area (Å²) >= 11 is 0. The van der Waals surface area contributed by atoms with Gasteiger partial charge in [-0.05, 0) is 38.0 Å². The molecule has 13 heteroatoms. The van der Waals surface area contributed by atoms with E-state index in [1.54, 1.807) is 0 Å². The minimum atomic E-state index is -1.01. The Bertz CT molecular complexity index is 1150. The van der Waals surface area contributed by atoms with Crippen molar-refractivity contribution in [3.63, 3.8) is 0 Å². The predicted octanol–water partition coefficient (Wildman–Crippen LogP) is 0.809. The zero-order valence-electron chi connectivity index (χ0n) is 24.8. The monoisotopic (exact) mass is 597 g/mol. The zero-order valence-corrected chi connectivity index (χ0v) is 24.8. The van der Waals surface area contributed by atoms with E-state index in [1.165, 1.54) is 29.6 Å². The highest BCUT2D eigenvalue weighted by Crippen LogP contribution is 2.27. The first-order chi connectivity index (χ1) is 20.8. The molecule has 3 unspecified atom stereocenters. The van der Waals surface area contributed by atoms with Gasteiger partial charge in [-0.25, -0.2) is 4.98 Å². The van der Waals surface area contributed by atoms with Crippen molar-refractivity contribution in [1.29, 1.82) is 0 Å². The molecule has 1 aliphatic heterocycles. The molecule has 1 aromatic rings. The Morgan fingerprint density at radius 3 is 2.47 bits per heavy atom. The van der Waals surface area contributed by atoms with Gasteiger partial charge in [-0.3, -0.25) is 33.8 Å². The number of carbonyl (C=O) groups is 6. The molecule has 2 heterocycles. The quantitative estimate of drug-likeness (QED) is 0.169. The van der Waals surface area contributed by atoms with E-state index in [0.717, 1.165) is 38.5 Å². The van der Waals surface area contributed by atoms with Crippen LogP contribution in [0.4, 0.5) is 0 Å². The van der Waals surface area contributed by atoms with E-state index in [9.17, 15) is 28.8 Å². The molecule has 3 rings (SSSR count). The van der Waals surface area contributed by atoms with Crippen LogP contribution in [0.3, 0.4) is 0 Å². The molecule has 4 N–H and O–H groups in total. The summed E-state index contributed by atoms with van der Waals surface area (Å²) in [6, 6.07) is -2.69. The molecule has 1 saturated carbocycles. The molecule has 1 aromatic heterocycles. The number of ketones is 1. The van der Waals surface area contributed by atoms with Gasteiger partial charge in [0.15, 0.2) is 0 Å². The fourth-order valence-electron chi connectivity index (χ4n) is 5.56. The van der Waals surface area contributed by atoms with E-state index in [2.05, 4.69) is 37.8 Å². The third-order valence-electron chi connectivity index (χ3n) is 7.89. The van der Waals surface area contributed by atoms with Crippen LogP contribution in [0.1, 0.15) is 81.6 Å². The van der Waals surface area contributed by atoms with Crippen LogP contribution in [0.5, 0.6) is 0 Å². The van der Waals surface area contributed by atoms with Crippen LogP contribution < -0.4 is 21.3 Å². The lowest BCUT2D eigenvalue weighted by molar-refractivity contribution is -0.142. The van der Waals surface area contributed by atoms with Crippen LogP contribution in [-0.4, -0.2) is 87.9 Å². The molecule has 0 spiro atoms. The first kappa shape index (κ1) is 33.3. The predicted molar refractivity (Wildman–Crippen MR) is 157 cm³/mol.